The molecule has 1 atom stereocenters. The van der Waals surface area contributed by atoms with Gasteiger partial charge in [-0.05, 0) is 42.0 Å². The van der Waals surface area contributed by atoms with Crippen molar-refractivity contribution < 1.29 is 59.0 Å². The van der Waals surface area contributed by atoms with Crippen LogP contribution in [0, 0.1) is 11.8 Å². The number of hydrogen-bond acceptors (Lipinski definition) is 7. The Kier molecular flexibility index (Phi) is 7.40. The molecule has 1 aliphatic heterocycles. The average molecular weight is 578 g/mol. The summed E-state index contributed by atoms with van der Waals surface area (Å²) < 4.78 is 115. The topological polar surface area (TPSA) is 103 Å². The number of pyridine rings is 2. The van der Waals surface area contributed by atoms with Gasteiger partial charge in [0.15, 0.2) is 17.1 Å². The molecule has 0 radical (unpaired) electrons. The lowest BCUT2D eigenvalue weighted by Gasteiger charge is -2.44. The molecule has 1 N–H and O–H groups in total. The third-order valence-corrected chi connectivity index (χ3v) is 5.43. The zero-order valence-electron chi connectivity index (χ0n) is 19.5. The van der Waals surface area contributed by atoms with Gasteiger partial charge in [0.2, 0.25) is 5.95 Å². The van der Waals surface area contributed by atoms with Gasteiger partial charge < -0.3 is 19.6 Å². The lowest BCUT2D eigenvalue weighted by Crippen LogP contribution is -2.56. The summed E-state index contributed by atoms with van der Waals surface area (Å²) >= 11 is 0. The molecule has 3 heterocycles. The van der Waals surface area contributed by atoms with Crippen molar-refractivity contribution in [2.75, 3.05) is 11.9 Å². The monoisotopic (exact) mass is 578 g/mol. The maximum Gasteiger partial charge on any atom is 0.573 e. The van der Waals surface area contributed by atoms with E-state index >= 15 is 0 Å². The summed E-state index contributed by atoms with van der Waals surface area (Å²) in [5.74, 6) is -6.88. The van der Waals surface area contributed by atoms with Gasteiger partial charge in [0.25, 0.3) is 0 Å². The number of anilines is 1. The lowest BCUT2D eigenvalue weighted by atomic mass is 9.81. The Morgan fingerprint density at radius 3 is 2.40 bits per heavy atom. The van der Waals surface area contributed by atoms with Crippen LogP contribution in [0.3, 0.4) is 0 Å². The van der Waals surface area contributed by atoms with Crippen molar-refractivity contribution >= 4 is 17.7 Å². The van der Waals surface area contributed by atoms with Gasteiger partial charge in [0.1, 0.15) is 11.4 Å². The summed E-state index contributed by atoms with van der Waals surface area (Å²) in [5.41, 5.74) is -3.48. The summed E-state index contributed by atoms with van der Waals surface area (Å²) in [5, 5.41) is 2.00. The van der Waals surface area contributed by atoms with E-state index in [1.54, 1.807) is 0 Å². The predicted octanol–water partition coefficient (Wildman–Crippen LogP) is 5.23. The Hall–Kier alpha value is -4.70. The lowest BCUT2D eigenvalue weighted by molar-refractivity contribution is -0.275. The van der Waals surface area contributed by atoms with Gasteiger partial charge in [0.05, 0.1) is 18.5 Å². The highest BCUT2D eigenvalue weighted by molar-refractivity contribution is 5.91. The van der Waals surface area contributed by atoms with E-state index in [0.717, 1.165) is 30.6 Å². The quantitative estimate of drug-likeness (QED) is 0.257. The number of carbonyl (C=O) groups excluding carboxylic acids is 2. The van der Waals surface area contributed by atoms with Crippen LogP contribution in [0.5, 0.6) is 11.5 Å². The summed E-state index contributed by atoms with van der Waals surface area (Å²) in [6.45, 7) is -0.368. The number of nitrogens with zero attached hydrogens (tertiary/aromatic N) is 3. The fraction of sp³-hybridized carbons (Fsp3) is 0.217. The van der Waals surface area contributed by atoms with Crippen LogP contribution in [-0.2, 0) is 15.2 Å². The van der Waals surface area contributed by atoms with Gasteiger partial charge in [-0.15, -0.1) is 18.2 Å². The van der Waals surface area contributed by atoms with E-state index in [1.165, 1.54) is 12.1 Å². The number of aromatic nitrogens is 2. The van der Waals surface area contributed by atoms with E-state index in [-0.39, 0.29) is 28.8 Å². The second-order valence-corrected chi connectivity index (χ2v) is 7.97. The van der Waals surface area contributed by atoms with Crippen molar-refractivity contribution in [1.29, 1.82) is 0 Å². The minimum absolute atomic E-state index is 0.0837. The second kappa shape index (κ2) is 10.5. The molecule has 0 spiro atoms. The third-order valence-electron chi connectivity index (χ3n) is 5.43. The molecular weight excluding hydrogens is 564 g/mol. The smallest absolute Gasteiger partial charge is 0.491 e. The molecule has 1 unspecified atom stereocenters. The fourth-order valence-electron chi connectivity index (χ4n) is 3.86. The van der Waals surface area contributed by atoms with Crippen molar-refractivity contribution in [3.63, 3.8) is 0 Å². The van der Waals surface area contributed by atoms with Crippen LogP contribution in [-0.4, -0.2) is 46.2 Å². The van der Waals surface area contributed by atoms with E-state index in [4.69, 9.17) is 4.74 Å². The molecule has 212 valence electrons. The van der Waals surface area contributed by atoms with Gasteiger partial charge >= 0.3 is 24.5 Å². The summed E-state index contributed by atoms with van der Waals surface area (Å²) in [6, 6.07) is 4.64. The number of amides is 2. The molecule has 4 rings (SSSR count). The number of hydroxylamine groups is 2. The van der Waals surface area contributed by atoms with Gasteiger partial charge in [-0.3, -0.25) is 4.98 Å². The molecule has 1 aromatic carbocycles. The first-order valence-corrected chi connectivity index (χ1v) is 10.9. The Morgan fingerprint density at radius 1 is 1.02 bits per heavy atom. The highest BCUT2D eigenvalue weighted by atomic mass is 19.4. The van der Waals surface area contributed by atoms with Gasteiger partial charge in [-0.2, -0.15) is 17.6 Å². The van der Waals surface area contributed by atoms with Crippen LogP contribution in [0.15, 0.2) is 54.9 Å². The number of alkyl halides is 6. The number of nitrogens with one attached hydrogen (secondary N) is 1. The van der Waals surface area contributed by atoms with E-state index < -0.39 is 59.6 Å². The molecule has 0 saturated carbocycles. The largest absolute Gasteiger partial charge is 0.573 e. The fourth-order valence-corrected chi connectivity index (χ4v) is 3.86. The highest BCUT2D eigenvalue weighted by Crippen LogP contribution is 2.47. The molecule has 0 fully saturated rings. The predicted molar refractivity (Wildman–Crippen MR) is 115 cm³/mol. The molecule has 0 saturated heterocycles. The first kappa shape index (κ1) is 28.3. The molecule has 0 bridgehead atoms. The van der Waals surface area contributed by atoms with Crippen LogP contribution >= 0.6 is 0 Å². The molecule has 9 nitrogen and oxygen atoms in total. The van der Waals surface area contributed by atoms with Gasteiger partial charge in [0, 0.05) is 12.6 Å². The molecule has 3 aromatic rings. The number of urea groups is 1. The summed E-state index contributed by atoms with van der Waals surface area (Å²) in [7, 11) is 0. The number of halogens is 8. The zero-order valence-corrected chi connectivity index (χ0v) is 19.5. The molecule has 2 aromatic heterocycles. The summed E-state index contributed by atoms with van der Waals surface area (Å²) in [6.07, 6.45) is -9.53. The van der Waals surface area contributed by atoms with Crippen molar-refractivity contribution in [3.05, 3.63) is 77.9 Å². The Labute approximate surface area is 218 Å². The third kappa shape index (κ3) is 5.81. The van der Waals surface area contributed by atoms with Gasteiger partial charge in [-0.25, -0.2) is 19.0 Å². The van der Waals surface area contributed by atoms with Crippen LogP contribution in [0.1, 0.15) is 17.7 Å². The van der Waals surface area contributed by atoms with Crippen molar-refractivity contribution in [1.82, 2.24) is 15.0 Å². The standard InChI is InChI=1S/C23H14F8N4O5/c24-14-10-12(3-5-15(14)39-23(29,30)31)21(7-9-38-16-2-1-8-32-18(16)21)35(40-19(36)22(26,27)28)20(37)34-13-4-6-17(25)33-11-13/h1-6,8,10-11H,7,9H2,(H,34,37). The molecular formula is C23H14F8N4O5. The van der Waals surface area contributed by atoms with Crippen LogP contribution in [0.25, 0.3) is 0 Å². The van der Waals surface area contributed by atoms with E-state index in [0.29, 0.717) is 12.1 Å². The van der Waals surface area contributed by atoms with E-state index in [2.05, 4.69) is 24.9 Å². The zero-order chi connectivity index (χ0) is 29.3. The molecule has 40 heavy (non-hydrogen) atoms. The molecule has 2 amide bonds. The van der Waals surface area contributed by atoms with E-state index in [1.807, 2.05) is 0 Å². The van der Waals surface area contributed by atoms with Crippen molar-refractivity contribution in [3.8, 4) is 11.5 Å². The Morgan fingerprint density at radius 2 is 1.77 bits per heavy atom. The number of ether oxygens (including phenoxy) is 2. The van der Waals surface area contributed by atoms with Crippen molar-refractivity contribution in [2.45, 2.75) is 24.5 Å². The Balaban J connectivity index is 1.92. The maximum atomic E-state index is 14.9. The number of fused-ring (bicyclic) bond motifs is 1. The Bertz CT molecular complexity index is 1420. The van der Waals surface area contributed by atoms with Crippen LogP contribution < -0.4 is 14.8 Å². The number of benzene rings is 1. The molecule has 1 aliphatic rings. The first-order valence-electron chi connectivity index (χ1n) is 10.9. The van der Waals surface area contributed by atoms with Crippen LogP contribution in [0.2, 0.25) is 0 Å². The SMILES string of the molecule is O=C(Nc1ccc(F)nc1)N(OC(=O)C(F)(F)F)C1(c2ccc(OC(F)(F)F)c(F)c2)CCOc2cccnc21. The van der Waals surface area contributed by atoms with E-state index in [9.17, 15) is 44.7 Å². The summed E-state index contributed by atoms with van der Waals surface area (Å²) in [4.78, 5) is 37.2. The molecule has 17 heteroatoms. The second-order valence-electron chi connectivity index (χ2n) is 7.97. The van der Waals surface area contributed by atoms with Gasteiger partial charge in [-0.1, -0.05) is 6.07 Å². The van der Waals surface area contributed by atoms with Crippen molar-refractivity contribution in [2.24, 2.45) is 0 Å². The highest BCUT2D eigenvalue weighted by Gasteiger charge is 2.54. The molecule has 0 aliphatic carbocycles. The number of hydrogen-bond donors (Lipinski definition) is 1. The number of carbonyl (C=O) groups is 2. The minimum Gasteiger partial charge on any atom is -0.491 e. The number of rotatable bonds is 4. The normalized spacial score (nSPS) is 16.8. The maximum absolute atomic E-state index is 14.9. The minimum atomic E-state index is -5.63. The average Bonchev–Trinajstić information content (AvgIpc) is 2.88. The first-order chi connectivity index (χ1) is 18.7. The van der Waals surface area contributed by atoms with Crippen LogP contribution in [0.4, 0.5) is 45.6 Å².